The van der Waals surface area contributed by atoms with Crippen LogP contribution in [0.15, 0.2) is 0 Å². The second-order valence-corrected chi connectivity index (χ2v) is 5.68. The van der Waals surface area contributed by atoms with E-state index >= 15 is 0 Å². The number of rotatable bonds is 6. The molecule has 0 saturated heterocycles. The molecule has 0 aliphatic carbocycles. The Morgan fingerprint density at radius 2 is 1.36 bits per heavy atom. The minimum Gasteiger partial charge on any atom is -0.0654 e. The highest BCUT2D eigenvalue weighted by atomic mass is 14.5. The summed E-state index contributed by atoms with van der Waals surface area (Å²) in [6, 6.07) is 0. The quantitative estimate of drug-likeness (QED) is 0.545. The maximum absolute atomic E-state index is 2.46. The molecule has 1 unspecified atom stereocenters. The third-order valence-electron chi connectivity index (χ3n) is 5.07. The Labute approximate surface area is 91.5 Å². The summed E-state index contributed by atoms with van der Waals surface area (Å²) in [4.78, 5) is 0. The van der Waals surface area contributed by atoms with Crippen LogP contribution in [-0.2, 0) is 0 Å². The molecule has 0 heteroatoms. The van der Waals surface area contributed by atoms with Crippen LogP contribution in [0.3, 0.4) is 0 Å². The lowest BCUT2D eigenvalue weighted by molar-refractivity contribution is 0.0192. The Hall–Kier alpha value is 0. The molecule has 86 valence electrons. The van der Waals surface area contributed by atoms with Gasteiger partial charge in [-0.15, -0.1) is 0 Å². The maximum Gasteiger partial charge on any atom is -0.0275 e. The van der Waals surface area contributed by atoms with Gasteiger partial charge in [0, 0.05) is 0 Å². The smallest absolute Gasteiger partial charge is 0.0275 e. The first kappa shape index (κ1) is 14.0. The van der Waals surface area contributed by atoms with Crippen LogP contribution in [0.2, 0.25) is 0 Å². The molecule has 0 amide bonds. The van der Waals surface area contributed by atoms with Gasteiger partial charge in [0.1, 0.15) is 0 Å². The summed E-state index contributed by atoms with van der Waals surface area (Å²) in [5.74, 6) is 0.831. The molecule has 0 radical (unpaired) electrons. The zero-order valence-electron chi connectivity index (χ0n) is 11.4. The topological polar surface area (TPSA) is 0 Å². The lowest BCUT2D eigenvalue weighted by atomic mass is 9.57. The molecule has 0 N–H and O–H groups in total. The molecule has 0 saturated carbocycles. The van der Waals surface area contributed by atoms with Crippen LogP contribution in [-0.4, -0.2) is 0 Å². The van der Waals surface area contributed by atoms with Crippen molar-refractivity contribution in [2.45, 2.75) is 74.1 Å². The highest BCUT2D eigenvalue weighted by Crippen LogP contribution is 2.50. The van der Waals surface area contributed by atoms with Crippen LogP contribution in [0.4, 0.5) is 0 Å². The van der Waals surface area contributed by atoms with E-state index < -0.39 is 0 Å². The summed E-state index contributed by atoms with van der Waals surface area (Å²) >= 11 is 0. The van der Waals surface area contributed by atoms with E-state index in [4.69, 9.17) is 0 Å². The largest absolute Gasteiger partial charge is 0.0654 e. The summed E-state index contributed by atoms with van der Waals surface area (Å²) in [7, 11) is 0. The molecular formula is C14H30. The lowest BCUT2D eigenvalue weighted by Crippen LogP contribution is -2.39. The number of hydrogen-bond donors (Lipinski definition) is 0. The van der Waals surface area contributed by atoms with E-state index in [-0.39, 0.29) is 0 Å². The Balaban J connectivity index is 4.71. The fraction of sp³-hybridized carbons (Fsp3) is 1.00. The van der Waals surface area contributed by atoms with Crippen molar-refractivity contribution in [3.8, 4) is 0 Å². The van der Waals surface area contributed by atoms with E-state index in [1.54, 1.807) is 0 Å². The van der Waals surface area contributed by atoms with E-state index in [1.807, 2.05) is 0 Å². The van der Waals surface area contributed by atoms with Crippen molar-refractivity contribution in [1.82, 2.24) is 0 Å². The van der Waals surface area contributed by atoms with E-state index in [2.05, 4.69) is 48.5 Å². The molecule has 0 heterocycles. The SMILES string of the molecule is CCCC(C)C(C)(C)C(C)(CC)CC. The standard InChI is InChI=1S/C14H30/c1-8-11-12(4)13(5,6)14(7,9-2)10-3/h12H,8-11H2,1-7H3. The van der Waals surface area contributed by atoms with Gasteiger partial charge in [0.05, 0.1) is 0 Å². The first-order chi connectivity index (χ1) is 6.35. The lowest BCUT2D eigenvalue weighted by Gasteiger charge is -2.48. The van der Waals surface area contributed by atoms with Crippen LogP contribution < -0.4 is 0 Å². The summed E-state index contributed by atoms with van der Waals surface area (Å²) in [5, 5.41) is 0. The average Bonchev–Trinajstić information content (AvgIpc) is 2.16. The van der Waals surface area contributed by atoms with Crippen molar-refractivity contribution in [3.63, 3.8) is 0 Å². The molecule has 0 aromatic carbocycles. The van der Waals surface area contributed by atoms with Crippen LogP contribution in [0, 0.1) is 16.7 Å². The van der Waals surface area contributed by atoms with E-state index in [9.17, 15) is 0 Å². The molecule has 0 nitrogen and oxygen atoms in total. The van der Waals surface area contributed by atoms with Gasteiger partial charge in [0.2, 0.25) is 0 Å². The van der Waals surface area contributed by atoms with Crippen LogP contribution in [0.25, 0.3) is 0 Å². The molecule has 0 bridgehead atoms. The van der Waals surface area contributed by atoms with Gasteiger partial charge in [-0.2, -0.15) is 0 Å². The monoisotopic (exact) mass is 198 g/mol. The van der Waals surface area contributed by atoms with E-state index in [0.717, 1.165) is 5.92 Å². The molecule has 0 aromatic rings. The molecule has 14 heavy (non-hydrogen) atoms. The van der Waals surface area contributed by atoms with Crippen molar-refractivity contribution < 1.29 is 0 Å². The van der Waals surface area contributed by atoms with Gasteiger partial charge >= 0.3 is 0 Å². The Morgan fingerprint density at radius 3 is 1.64 bits per heavy atom. The minimum atomic E-state index is 0.465. The third-order valence-corrected chi connectivity index (χ3v) is 5.07. The summed E-state index contributed by atoms with van der Waals surface area (Å²) in [6.45, 7) is 16.8. The maximum atomic E-state index is 2.46. The van der Waals surface area contributed by atoms with E-state index in [1.165, 1.54) is 25.7 Å². The van der Waals surface area contributed by atoms with Crippen molar-refractivity contribution in [2.75, 3.05) is 0 Å². The fourth-order valence-corrected chi connectivity index (χ4v) is 2.55. The van der Waals surface area contributed by atoms with Crippen molar-refractivity contribution in [1.29, 1.82) is 0 Å². The van der Waals surface area contributed by atoms with Gasteiger partial charge in [0.25, 0.3) is 0 Å². The van der Waals surface area contributed by atoms with Crippen LogP contribution in [0.5, 0.6) is 0 Å². The highest BCUT2D eigenvalue weighted by molar-refractivity contribution is 4.90. The summed E-state index contributed by atoms with van der Waals surface area (Å²) in [5.41, 5.74) is 0.966. The average molecular weight is 198 g/mol. The second kappa shape index (κ2) is 5.19. The van der Waals surface area contributed by atoms with Gasteiger partial charge in [0.15, 0.2) is 0 Å². The number of hydrogen-bond acceptors (Lipinski definition) is 0. The molecule has 0 fully saturated rings. The molecule has 1 atom stereocenters. The Kier molecular flexibility index (Phi) is 5.19. The first-order valence-electron chi connectivity index (χ1n) is 6.35. The summed E-state index contributed by atoms with van der Waals surface area (Å²) in [6.07, 6.45) is 5.27. The molecule has 0 spiro atoms. The van der Waals surface area contributed by atoms with Crippen molar-refractivity contribution in [2.24, 2.45) is 16.7 Å². The molecule has 0 rings (SSSR count). The van der Waals surface area contributed by atoms with Gasteiger partial charge in [-0.05, 0) is 16.7 Å². The van der Waals surface area contributed by atoms with Gasteiger partial charge in [-0.1, -0.05) is 74.1 Å². The summed E-state index contributed by atoms with van der Waals surface area (Å²) < 4.78 is 0. The normalized spacial score (nSPS) is 15.6. The van der Waals surface area contributed by atoms with Crippen LogP contribution in [0.1, 0.15) is 74.1 Å². The van der Waals surface area contributed by atoms with E-state index in [0.29, 0.717) is 10.8 Å². The zero-order valence-corrected chi connectivity index (χ0v) is 11.4. The first-order valence-corrected chi connectivity index (χ1v) is 6.35. The predicted octanol–water partition coefficient (Wildman–Crippen LogP) is 5.28. The third kappa shape index (κ3) is 2.52. The Morgan fingerprint density at radius 1 is 0.929 bits per heavy atom. The zero-order chi connectivity index (χ0) is 11.4. The highest BCUT2D eigenvalue weighted by Gasteiger charge is 2.41. The molecular weight excluding hydrogens is 168 g/mol. The molecule has 0 aliphatic rings. The fourth-order valence-electron chi connectivity index (χ4n) is 2.55. The molecule has 0 aliphatic heterocycles. The van der Waals surface area contributed by atoms with Crippen molar-refractivity contribution >= 4 is 0 Å². The minimum absolute atomic E-state index is 0.465. The van der Waals surface area contributed by atoms with Gasteiger partial charge in [-0.25, -0.2) is 0 Å². The predicted molar refractivity (Wildman–Crippen MR) is 66.5 cm³/mol. The van der Waals surface area contributed by atoms with Gasteiger partial charge < -0.3 is 0 Å². The van der Waals surface area contributed by atoms with Crippen molar-refractivity contribution in [3.05, 3.63) is 0 Å². The Bertz CT molecular complexity index is 151. The molecule has 0 aromatic heterocycles. The van der Waals surface area contributed by atoms with Gasteiger partial charge in [-0.3, -0.25) is 0 Å². The van der Waals surface area contributed by atoms with Crippen LogP contribution >= 0.6 is 0 Å². The second-order valence-electron chi connectivity index (χ2n) is 5.68.